The molecule has 0 spiro atoms. The van der Waals surface area contributed by atoms with E-state index in [9.17, 15) is 18.0 Å². The molecule has 0 unspecified atom stereocenters. The number of ketones is 1. The highest BCUT2D eigenvalue weighted by molar-refractivity contribution is 7.92. The van der Waals surface area contributed by atoms with E-state index < -0.39 is 22.6 Å². The maximum absolute atomic E-state index is 12.7. The van der Waals surface area contributed by atoms with Crippen LogP contribution in [0.2, 0.25) is 0 Å². The topological polar surface area (TPSA) is 104 Å². The number of nitrogens with zero attached hydrogens (tertiary/aromatic N) is 1. The SMILES string of the molecule is COc1ccc(-n2c(C)cc(C(=O)COC(=O)c3ccc(NS(C)(=O)=O)cc3)c2C)cc1. The van der Waals surface area contributed by atoms with E-state index in [0.29, 0.717) is 11.3 Å². The third-order valence-corrected chi connectivity index (χ3v) is 5.43. The summed E-state index contributed by atoms with van der Waals surface area (Å²) in [7, 11) is -1.81. The average Bonchev–Trinajstić information content (AvgIpc) is 3.05. The summed E-state index contributed by atoms with van der Waals surface area (Å²) in [6.45, 7) is 3.32. The summed E-state index contributed by atoms with van der Waals surface area (Å²) in [6.07, 6.45) is 1.03. The number of carbonyl (C=O) groups excluding carboxylic acids is 2. The van der Waals surface area contributed by atoms with Crippen molar-refractivity contribution >= 4 is 27.5 Å². The van der Waals surface area contributed by atoms with E-state index in [2.05, 4.69) is 4.72 Å². The van der Waals surface area contributed by atoms with Crippen LogP contribution in [0, 0.1) is 13.8 Å². The molecule has 168 valence electrons. The van der Waals surface area contributed by atoms with Crippen LogP contribution in [0.1, 0.15) is 32.1 Å². The fourth-order valence-corrected chi connectivity index (χ4v) is 3.92. The molecule has 3 rings (SSSR count). The largest absolute Gasteiger partial charge is 0.497 e. The van der Waals surface area contributed by atoms with Gasteiger partial charge in [0.25, 0.3) is 0 Å². The Morgan fingerprint density at radius 1 is 1.00 bits per heavy atom. The summed E-state index contributed by atoms with van der Waals surface area (Å²) < 4.78 is 37.1. The number of ether oxygens (including phenoxy) is 2. The van der Waals surface area contributed by atoms with Crippen LogP contribution in [0.25, 0.3) is 5.69 Å². The summed E-state index contributed by atoms with van der Waals surface area (Å²) in [5, 5.41) is 0. The van der Waals surface area contributed by atoms with Gasteiger partial charge in [0.15, 0.2) is 6.61 Å². The predicted octanol–water partition coefficient (Wildman–Crippen LogP) is 3.51. The van der Waals surface area contributed by atoms with Gasteiger partial charge in [0, 0.05) is 28.3 Å². The van der Waals surface area contributed by atoms with Crippen molar-refractivity contribution in [2.75, 3.05) is 24.7 Å². The number of aryl methyl sites for hydroxylation is 1. The van der Waals surface area contributed by atoms with Crippen molar-refractivity contribution in [1.82, 2.24) is 4.57 Å². The molecule has 0 atom stereocenters. The summed E-state index contributed by atoms with van der Waals surface area (Å²) in [5.74, 6) is -0.255. The summed E-state index contributed by atoms with van der Waals surface area (Å²) >= 11 is 0. The maximum Gasteiger partial charge on any atom is 0.338 e. The van der Waals surface area contributed by atoms with Crippen molar-refractivity contribution in [1.29, 1.82) is 0 Å². The lowest BCUT2D eigenvalue weighted by atomic mass is 10.1. The van der Waals surface area contributed by atoms with Crippen molar-refractivity contribution < 1.29 is 27.5 Å². The summed E-state index contributed by atoms with van der Waals surface area (Å²) in [6, 6.07) is 15.0. The second-order valence-electron chi connectivity index (χ2n) is 7.27. The number of benzene rings is 2. The van der Waals surface area contributed by atoms with E-state index in [4.69, 9.17) is 9.47 Å². The molecular formula is C23H24N2O6S. The molecule has 0 aliphatic heterocycles. The first kappa shape index (κ1) is 23.1. The molecule has 0 radical (unpaired) electrons. The number of sulfonamides is 1. The number of esters is 1. The van der Waals surface area contributed by atoms with E-state index >= 15 is 0 Å². The Hall–Kier alpha value is -3.59. The number of Topliss-reactive ketones (excluding diaryl/α,β-unsaturated/α-hetero) is 1. The highest BCUT2D eigenvalue weighted by atomic mass is 32.2. The van der Waals surface area contributed by atoms with Crippen LogP contribution in [0.4, 0.5) is 5.69 Å². The second kappa shape index (κ2) is 9.27. The van der Waals surface area contributed by atoms with Crippen molar-refractivity contribution in [2.45, 2.75) is 13.8 Å². The highest BCUT2D eigenvalue weighted by Crippen LogP contribution is 2.23. The Kier molecular flexibility index (Phi) is 6.69. The van der Waals surface area contributed by atoms with E-state index in [-0.39, 0.29) is 11.3 Å². The standard InChI is InChI=1S/C23H24N2O6S/c1-15-13-21(16(2)25(15)19-9-11-20(30-3)12-10-19)22(26)14-31-23(27)17-5-7-18(8-6-17)24-32(4,28)29/h5-13,24H,14H2,1-4H3. The molecule has 1 heterocycles. The van der Waals surface area contributed by atoms with E-state index in [1.54, 1.807) is 13.2 Å². The minimum absolute atomic E-state index is 0.209. The van der Waals surface area contributed by atoms with Gasteiger partial charge in [-0.1, -0.05) is 0 Å². The van der Waals surface area contributed by atoms with Gasteiger partial charge in [-0.15, -0.1) is 0 Å². The third-order valence-electron chi connectivity index (χ3n) is 4.82. The third kappa shape index (κ3) is 5.36. The van der Waals surface area contributed by atoms with Crippen LogP contribution in [-0.2, 0) is 14.8 Å². The maximum atomic E-state index is 12.7. The molecule has 0 bridgehead atoms. The van der Waals surface area contributed by atoms with Gasteiger partial charge >= 0.3 is 5.97 Å². The van der Waals surface area contributed by atoms with Gasteiger partial charge in [0.1, 0.15) is 5.75 Å². The zero-order chi connectivity index (χ0) is 23.5. The van der Waals surface area contributed by atoms with Crippen molar-refractivity contribution in [2.24, 2.45) is 0 Å². The molecule has 1 N–H and O–H groups in total. The van der Waals surface area contributed by atoms with Gasteiger partial charge < -0.3 is 14.0 Å². The Bertz CT molecular complexity index is 1240. The monoisotopic (exact) mass is 456 g/mol. The van der Waals surface area contributed by atoms with Crippen LogP contribution in [-0.4, -0.2) is 44.7 Å². The average molecular weight is 457 g/mol. The zero-order valence-corrected chi connectivity index (χ0v) is 19.0. The molecule has 0 amide bonds. The molecule has 32 heavy (non-hydrogen) atoms. The van der Waals surface area contributed by atoms with Gasteiger partial charge in [0.2, 0.25) is 15.8 Å². The summed E-state index contributed by atoms with van der Waals surface area (Å²) in [4.78, 5) is 25.0. The fraction of sp³-hybridized carbons (Fsp3) is 0.217. The van der Waals surface area contributed by atoms with Gasteiger partial charge in [-0.2, -0.15) is 0 Å². The normalized spacial score (nSPS) is 11.1. The molecule has 0 saturated heterocycles. The second-order valence-corrected chi connectivity index (χ2v) is 9.02. The smallest absolute Gasteiger partial charge is 0.338 e. The number of hydrogen-bond donors (Lipinski definition) is 1. The van der Waals surface area contributed by atoms with Crippen LogP contribution in [0.15, 0.2) is 54.6 Å². The molecule has 8 nitrogen and oxygen atoms in total. The minimum atomic E-state index is -3.41. The molecule has 0 aliphatic rings. The fourth-order valence-electron chi connectivity index (χ4n) is 3.35. The molecule has 2 aromatic carbocycles. The number of nitrogens with one attached hydrogen (secondary N) is 1. The number of aromatic nitrogens is 1. The van der Waals surface area contributed by atoms with E-state index in [1.807, 2.05) is 42.7 Å². The quantitative estimate of drug-likeness (QED) is 0.411. The zero-order valence-electron chi connectivity index (χ0n) is 18.2. The van der Waals surface area contributed by atoms with Gasteiger partial charge in [0.05, 0.1) is 18.9 Å². The van der Waals surface area contributed by atoms with Crippen molar-refractivity contribution in [3.8, 4) is 11.4 Å². The lowest BCUT2D eigenvalue weighted by Gasteiger charge is -2.11. The van der Waals surface area contributed by atoms with E-state index in [1.165, 1.54) is 24.3 Å². The van der Waals surface area contributed by atoms with Crippen LogP contribution < -0.4 is 9.46 Å². The van der Waals surface area contributed by atoms with Crippen LogP contribution >= 0.6 is 0 Å². The Morgan fingerprint density at radius 3 is 2.19 bits per heavy atom. The lowest BCUT2D eigenvalue weighted by Crippen LogP contribution is -2.15. The van der Waals surface area contributed by atoms with Crippen molar-refractivity contribution in [3.63, 3.8) is 0 Å². The van der Waals surface area contributed by atoms with Gasteiger partial charge in [-0.25, -0.2) is 13.2 Å². The Balaban J connectivity index is 1.69. The van der Waals surface area contributed by atoms with E-state index in [0.717, 1.165) is 29.1 Å². The predicted molar refractivity (Wildman–Crippen MR) is 121 cm³/mol. The first-order valence-electron chi connectivity index (χ1n) is 9.70. The van der Waals surface area contributed by atoms with Crippen LogP contribution in [0.5, 0.6) is 5.75 Å². The highest BCUT2D eigenvalue weighted by Gasteiger charge is 2.19. The summed E-state index contributed by atoms with van der Waals surface area (Å²) in [5.41, 5.74) is 3.51. The number of rotatable bonds is 8. The molecule has 0 fully saturated rings. The number of carbonyl (C=O) groups is 2. The lowest BCUT2D eigenvalue weighted by molar-refractivity contribution is 0.0474. The number of hydrogen-bond acceptors (Lipinski definition) is 6. The number of anilines is 1. The molecular weight excluding hydrogens is 432 g/mol. The van der Waals surface area contributed by atoms with Crippen LogP contribution in [0.3, 0.4) is 0 Å². The molecule has 1 aromatic heterocycles. The Morgan fingerprint density at radius 2 is 1.62 bits per heavy atom. The first-order chi connectivity index (χ1) is 15.1. The van der Waals surface area contributed by atoms with Gasteiger partial charge in [-0.3, -0.25) is 9.52 Å². The first-order valence-corrected chi connectivity index (χ1v) is 11.6. The van der Waals surface area contributed by atoms with Gasteiger partial charge in [-0.05, 0) is 68.4 Å². The minimum Gasteiger partial charge on any atom is -0.497 e. The molecule has 0 aliphatic carbocycles. The number of methoxy groups -OCH3 is 1. The van der Waals surface area contributed by atoms with Crippen molar-refractivity contribution in [3.05, 3.63) is 77.1 Å². The molecule has 9 heteroatoms. The molecule has 3 aromatic rings. The Labute approximate surface area is 186 Å². The molecule has 0 saturated carbocycles.